The summed E-state index contributed by atoms with van der Waals surface area (Å²) in [7, 11) is 1.59. The molecule has 1 heterocycles. The molecular weight excluding hydrogens is 397 g/mol. The van der Waals surface area contributed by atoms with Crippen LogP contribution in [0.4, 0.5) is 4.39 Å². The van der Waals surface area contributed by atoms with Gasteiger partial charge in [0.25, 0.3) is 0 Å². The van der Waals surface area contributed by atoms with Crippen LogP contribution >= 0.6 is 0 Å². The van der Waals surface area contributed by atoms with Crippen LogP contribution in [0.25, 0.3) is 6.08 Å². The van der Waals surface area contributed by atoms with Gasteiger partial charge >= 0.3 is 0 Å². The van der Waals surface area contributed by atoms with Gasteiger partial charge in [0.2, 0.25) is 5.91 Å². The molecule has 0 atom stereocenters. The van der Waals surface area contributed by atoms with Gasteiger partial charge in [-0.25, -0.2) is 4.39 Å². The normalized spacial score (nSPS) is 15.8. The molecule has 1 amide bonds. The van der Waals surface area contributed by atoms with Gasteiger partial charge in [-0.1, -0.05) is 18.2 Å². The third-order valence-electron chi connectivity index (χ3n) is 5.47. The molecule has 0 spiro atoms. The minimum Gasteiger partial charge on any atom is -0.493 e. The molecule has 6 heteroatoms. The molecule has 31 heavy (non-hydrogen) atoms. The molecule has 0 unspecified atom stereocenters. The molecule has 166 valence electrons. The van der Waals surface area contributed by atoms with E-state index >= 15 is 0 Å². The number of carbonyl (C=O) groups is 1. The quantitative estimate of drug-likeness (QED) is 0.631. The lowest BCUT2D eigenvalue weighted by Crippen LogP contribution is -2.44. The fourth-order valence-electron chi connectivity index (χ4n) is 3.77. The van der Waals surface area contributed by atoms with Crippen molar-refractivity contribution in [3.05, 3.63) is 65.5 Å². The lowest BCUT2D eigenvalue weighted by Gasteiger charge is -2.37. The van der Waals surface area contributed by atoms with Crippen LogP contribution in [0.5, 0.6) is 11.5 Å². The molecule has 1 saturated heterocycles. The number of halogens is 1. The van der Waals surface area contributed by atoms with E-state index in [0.29, 0.717) is 31.3 Å². The Morgan fingerprint density at radius 3 is 2.65 bits per heavy atom. The smallest absolute Gasteiger partial charge is 0.244 e. The van der Waals surface area contributed by atoms with Crippen LogP contribution in [0.3, 0.4) is 0 Å². The van der Waals surface area contributed by atoms with Crippen molar-refractivity contribution in [3.8, 4) is 11.5 Å². The van der Waals surface area contributed by atoms with Crippen LogP contribution in [0.2, 0.25) is 0 Å². The van der Waals surface area contributed by atoms with Crippen molar-refractivity contribution >= 4 is 12.0 Å². The van der Waals surface area contributed by atoms with Gasteiger partial charge in [-0.2, -0.15) is 0 Å². The van der Waals surface area contributed by atoms with Gasteiger partial charge in [-0.3, -0.25) is 4.79 Å². The van der Waals surface area contributed by atoms with Crippen molar-refractivity contribution in [3.63, 3.8) is 0 Å². The van der Waals surface area contributed by atoms with E-state index in [4.69, 9.17) is 14.2 Å². The van der Waals surface area contributed by atoms with Gasteiger partial charge in [0.1, 0.15) is 5.82 Å². The van der Waals surface area contributed by atoms with E-state index in [9.17, 15) is 9.18 Å². The second-order valence-corrected chi connectivity index (χ2v) is 8.03. The number of carbonyl (C=O) groups excluding carboxylic acids is 1. The largest absolute Gasteiger partial charge is 0.493 e. The molecule has 1 aliphatic rings. The van der Waals surface area contributed by atoms with Gasteiger partial charge in [-0.15, -0.1) is 0 Å². The summed E-state index contributed by atoms with van der Waals surface area (Å²) >= 11 is 0. The van der Waals surface area contributed by atoms with Crippen LogP contribution in [0, 0.1) is 5.82 Å². The van der Waals surface area contributed by atoms with Crippen LogP contribution in [0.1, 0.15) is 37.8 Å². The van der Waals surface area contributed by atoms with Crippen molar-refractivity contribution in [1.29, 1.82) is 0 Å². The summed E-state index contributed by atoms with van der Waals surface area (Å²) in [6.45, 7) is 5.51. The van der Waals surface area contributed by atoms with Crippen molar-refractivity contribution in [2.75, 3.05) is 26.9 Å². The van der Waals surface area contributed by atoms with E-state index in [-0.39, 0.29) is 23.2 Å². The standard InChI is InChI=1S/C25H30FNO4/c1-18(2)31-22-9-7-19(15-23(22)29-3)8-10-24(28)27-17-25(11-13-30-14-12-25)20-5-4-6-21(26)16-20/h4-10,15-16,18H,11-14,17H2,1-3H3,(H,27,28)/b10-8+. The molecular formula is C25H30FNO4. The van der Waals surface area contributed by atoms with Crippen molar-refractivity contribution in [2.24, 2.45) is 0 Å². The Labute approximate surface area is 183 Å². The number of hydrogen-bond acceptors (Lipinski definition) is 4. The van der Waals surface area contributed by atoms with Crippen LogP contribution in [-0.4, -0.2) is 38.9 Å². The van der Waals surface area contributed by atoms with Crippen LogP contribution in [0.15, 0.2) is 48.5 Å². The van der Waals surface area contributed by atoms with E-state index in [1.54, 1.807) is 25.3 Å². The first-order valence-electron chi connectivity index (χ1n) is 10.6. The maximum Gasteiger partial charge on any atom is 0.244 e. The maximum atomic E-state index is 13.8. The Balaban J connectivity index is 1.67. The van der Waals surface area contributed by atoms with Gasteiger partial charge in [0, 0.05) is 31.2 Å². The fourth-order valence-corrected chi connectivity index (χ4v) is 3.77. The summed E-state index contributed by atoms with van der Waals surface area (Å²) in [5.41, 5.74) is 1.39. The third kappa shape index (κ3) is 6.07. The monoisotopic (exact) mass is 427 g/mol. The number of ether oxygens (including phenoxy) is 3. The number of amides is 1. The van der Waals surface area contributed by atoms with E-state index in [2.05, 4.69) is 5.32 Å². The highest BCUT2D eigenvalue weighted by Crippen LogP contribution is 2.34. The first-order chi connectivity index (χ1) is 14.9. The Kier molecular flexibility index (Phi) is 7.69. The Bertz CT molecular complexity index is 919. The van der Waals surface area contributed by atoms with Gasteiger partial charge < -0.3 is 19.5 Å². The molecule has 1 fully saturated rings. The van der Waals surface area contributed by atoms with E-state index in [1.165, 1.54) is 12.1 Å². The highest BCUT2D eigenvalue weighted by Gasteiger charge is 2.35. The summed E-state index contributed by atoms with van der Waals surface area (Å²) in [5.74, 6) is 0.802. The van der Waals surface area contributed by atoms with Crippen molar-refractivity contribution < 1.29 is 23.4 Å². The molecule has 3 rings (SSSR count). The van der Waals surface area contributed by atoms with E-state index in [0.717, 1.165) is 24.0 Å². The summed E-state index contributed by atoms with van der Waals surface area (Å²) < 4.78 is 30.4. The fraction of sp³-hybridized carbons (Fsp3) is 0.400. The first kappa shape index (κ1) is 22.8. The van der Waals surface area contributed by atoms with E-state index < -0.39 is 0 Å². The minimum absolute atomic E-state index is 0.0386. The van der Waals surface area contributed by atoms with E-state index in [1.807, 2.05) is 38.1 Å². The maximum absolute atomic E-state index is 13.8. The van der Waals surface area contributed by atoms with Gasteiger partial charge in [0.15, 0.2) is 11.5 Å². The summed E-state index contributed by atoms with van der Waals surface area (Å²) in [5, 5.41) is 2.99. The van der Waals surface area contributed by atoms with Crippen LogP contribution in [-0.2, 0) is 14.9 Å². The number of hydrogen-bond donors (Lipinski definition) is 1. The molecule has 2 aromatic carbocycles. The second-order valence-electron chi connectivity index (χ2n) is 8.03. The van der Waals surface area contributed by atoms with Crippen molar-refractivity contribution in [2.45, 2.75) is 38.2 Å². The first-order valence-corrected chi connectivity index (χ1v) is 10.6. The highest BCUT2D eigenvalue weighted by atomic mass is 19.1. The lowest BCUT2D eigenvalue weighted by molar-refractivity contribution is -0.116. The molecule has 0 saturated carbocycles. The molecule has 0 radical (unpaired) electrons. The number of rotatable bonds is 8. The highest BCUT2D eigenvalue weighted by molar-refractivity contribution is 5.91. The molecule has 5 nitrogen and oxygen atoms in total. The molecule has 1 aliphatic heterocycles. The second kappa shape index (κ2) is 10.4. The molecule has 2 aromatic rings. The average Bonchev–Trinajstić information content (AvgIpc) is 2.77. The predicted octanol–water partition coefficient (Wildman–Crippen LogP) is 4.50. The third-order valence-corrected chi connectivity index (χ3v) is 5.47. The minimum atomic E-state index is -0.330. The lowest BCUT2D eigenvalue weighted by atomic mass is 9.74. The summed E-state index contributed by atoms with van der Waals surface area (Å²) in [6.07, 6.45) is 4.73. The SMILES string of the molecule is COc1cc(/C=C/C(=O)NCC2(c3cccc(F)c3)CCOCC2)ccc1OC(C)C. The Hall–Kier alpha value is -2.86. The number of methoxy groups -OCH3 is 1. The molecule has 0 aromatic heterocycles. The predicted molar refractivity (Wildman–Crippen MR) is 119 cm³/mol. The Morgan fingerprint density at radius 2 is 1.97 bits per heavy atom. The zero-order valence-corrected chi connectivity index (χ0v) is 18.3. The van der Waals surface area contributed by atoms with Crippen molar-refractivity contribution in [1.82, 2.24) is 5.32 Å². The van der Waals surface area contributed by atoms with Gasteiger partial charge in [-0.05, 0) is 68.2 Å². The summed E-state index contributed by atoms with van der Waals surface area (Å²) in [6, 6.07) is 12.2. The zero-order chi connectivity index (χ0) is 22.3. The molecule has 0 bridgehead atoms. The number of nitrogens with one attached hydrogen (secondary N) is 1. The zero-order valence-electron chi connectivity index (χ0n) is 18.3. The Morgan fingerprint density at radius 1 is 1.19 bits per heavy atom. The average molecular weight is 428 g/mol. The molecule has 1 N–H and O–H groups in total. The molecule has 0 aliphatic carbocycles. The number of benzene rings is 2. The van der Waals surface area contributed by atoms with Gasteiger partial charge in [0.05, 0.1) is 13.2 Å². The summed E-state index contributed by atoms with van der Waals surface area (Å²) in [4.78, 5) is 12.5. The topological polar surface area (TPSA) is 56.8 Å². The van der Waals surface area contributed by atoms with Crippen LogP contribution < -0.4 is 14.8 Å².